The third-order valence-corrected chi connectivity index (χ3v) is 6.64. The van der Waals surface area contributed by atoms with Gasteiger partial charge in [0.05, 0.1) is 12.7 Å². The fourth-order valence-corrected chi connectivity index (χ4v) is 4.91. The van der Waals surface area contributed by atoms with E-state index in [-0.39, 0.29) is 24.1 Å². The summed E-state index contributed by atoms with van der Waals surface area (Å²) < 4.78 is 23.2. The summed E-state index contributed by atoms with van der Waals surface area (Å²) in [5, 5.41) is 4.26. The molecule has 0 saturated carbocycles. The largest absolute Gasteiger partial charge is 0.493 e. The first-order valence-electron chi connectivity index (χ1n) is 12.9. The van der Waals surface area contributed by atoms with Gasteiger partial charge in [-0.1, -0.05) is 6.07 Å². The molecule has 2 aliphatic heterocycles. The third kappa shape index (κ3) is 6.42. The quantitative estimate of drug-likeness (QED) is 0.485. The lowest BCUT2D eigenvalue weighted by atomic mass is 10.0. The third-order valence-electron chi connectivity index (χ3n) is 6.64. The number of nitrogens with zero attached hydrogens (tertiary/aromatic N) is 2. The number of hydrogen-bond acceptors (Lipinski definition) is 7. The van der Waals surface area contributed by atoms with Crippen LogP contribution in [0.15, 0.2) is 24.3 Å². The molecule has 3 heterocycles. The van der Waals surface area contributed by atoms with Crippen molar-refractivity contribution in [1.82, 2.24) is 15.2 Å². The van der Waals surface area contributed by atoms with Crippen molar-refractivity contribution in [3.05, 3.63) is 30.0 Å². The maximum Gasteiger partial charge on any atom is 0.273 e. The molecule has 0 aliphatic carbocycles. The van der Waals surface area contributed by atoms with Crippen LogP contribution in [0.5, 0.6) is 11.5 Å². The molecule has 0 radical (unpaired) electrons. The van der Waals surface area contributed by atoms with Crippen LogP contribution in [0.3, 0.4) is 0 Å². The van der Waals surface area contributed by atoms with Crippen LogP contribution in [0.25, 0.3) is 10.9 Å². The van der Waals surface area contributed by atoms with Gasteiger partial charge in [0.25, 0.3) is 5.91 Å². The molecule has 2 fully saturated rings. The molecule has 4 rings (SSSR count). The second-order valence-corrected chi connectivity index (χ2v) is 9.61. The lowest BCUT2D eigenvalue weighted by Crippen LogP contribution is -2.51. The topological polar surface area (TPSA) is 82.2 Å². The molecular formula is C27H39N3O5. The standard InChI is InChI=1S/C27H39N3O5/c1-19(2)30(20-8-5-12-28-17-20)27(31)23-16-25(34-15-7-13-32-3)22-10-4-11-24(26(22)29-23)35-18-21-9-6-14-33-21/h4,10-11,16,19-21,28H,5-9,12-15,17-18H2,1-3H3/t20-,21+/m1/s1. The number of carbonyl (C=O) groups is 1. The summed E-state index contributed by atoms with van der Waals surface area (Å²) in [5.41, 5.74) is 1.02. The van der Waals surface area contributed by atoms with E-state index in [1.807, 2.05) is 23.1 Å². The van der Waals surface area contributed by atoms with Crippen LogP contribution in [0, 0.1) is 0 Å². The number of ether oxygens (including phenoxy) is 4. The van der Waals surface area contributed by atoms with Crippen LogP contribution in [0.1, 0.15) is 56.4 Å². The van der Waals surface area contributed by atoms with Gasteiger partial charge < -0.3 is 29.2 Å². The highest BCUT2D eigenvalue weighted by Gasteiger charge is 2.30. The summed E-state index contributed by atoms with van der Waals surface area (Å²) in [7, 11) is 1.68. The molecule has 2 aliphatic rings. The average Bonchev–Trinajstić information content (AvgIpc) is 3.39. The average molecular weight is 486 g/mol. The lowest BCUT2D eigenvalue weighted by molar-refractivity contribution is 0.0567. The number of benzene rings is 1. The Balaban J connectivity index is 1.67. The molecule has 0 unspecified atom stereocenters. The summed E-state index contributed by atoms with van der Waals surface area (Å²) in [6, 6.07) is 7.79. The van der Waals surface area contributed by atoms with Crippen molar-refractivity contribution in [3.8, 4) is 11.5 Å². The van der Waals surface area contributed by atoms with E-state index in [9.17, 15) is 4.79 Å². The number of rotatable bonds is 11. The van der Waals surface area contributed by atoms with Crippen molar-refractivity contribution in [2.45, 2.75) is 64.1 Å². The van der Waals surface area contributed by atoms with E-state index < -0.39 is 0 Å². The van der Waals surface area contributed by atoms with Gasteiger partial charge >= 0.3 is 0 Å². The Labute approximate surface area is 208 Å². The monoisotopic (exact) mass is 485 g/mol. The summed E-state index contributed by atoms with van der Waals surface area (Å²) in [5.74, 6) is 1.21. The van der Waals surface area contributed by atoms with Crippen LogP contribution >= 0.6 is 0 Å². The van der Waals surface area contributed by atoms with E-state index in [0.717, 1.165) is 57.2 Å². The van der Waals surface area contributed by atoms with Crippen molar-refractivity contribution in [3.63, 3.8) is 0 Å². The first-order chi connectivity index (χ1) is 17.1. The van der Waals surface area contributed by atoms with E-state index in [2.05, 4.69) is 19.2 Å². The molecule has 0 bridgehead atoms. The number of para-hydroxylation sites is 1. The molecule has 1 aromatic heterocycles. The SMILES string of the molecule is COCCCOc1cc(C(=O)N(C(C)C)[C@@H]2CCCNC2)nc2c(OC[C@@H]3CCCO3)cccc12. The molecular weight excluding hydrogens is 446 g/mol. The van der Waals surface area contributed by atoms with Crippen molar-refractivity contribution in [2.75, 3.05) is 46.6 Å². The number of aromatic nitrogens is 1. The smallest absolute Gasteiger partial charge is 0.273 e. The second-order valence-electron chi connectivity index (χ2n) is 9.61. The Morgan fingerprint density at radius 3 is 2.80 bits per heavy atom. The number of carbonyl (C=O) groups excluding carboxylic acids is 1. The number of amides is 1. The molecule has 1 amide bonds. The first kappa shape index (κ1) is 25.7. The molecule has 8 heteroatoms. The van der Waals surface area contributed by atoms with E-state index in [1.165, 1.54) is 0 Å². The number of piperidine rings is 1. The fraction of sp³-hybridized carbons (Fsp3) is 0.630. The number of methoxy groups -OCH3 is 1. The van der Waals surface area contributed by atoms with Crippen LogP contribution in [0.4, 0.5) is 0 Å². The molecule has 192 valence electrons. The van der Waals surface area contributed by atoms with Gasteiger partial charge in [-0.15, -0.1) is 0 Å². The van der Waals surface area contributed by atoms with Crippen molar-refractivity contribution in [2.24, 2.45) is 0 Å². The molecule has 1 N–H and O–H groups in total. The normalized spacial score (nSPS) is 20.3. The van der Waals surface area contributed by atoms with Crippen LogP contribution in [0.2, 0.25) is 0 Å². The fourth-order valence-electron chi connectivity index (χ4n) is 4.91. The summed E-state index contributed by atoms with van der Waals surface area (Å²) in [6.45, 7) is 8.26. The highest BCUT2D eigenvalue weighted by Crippen LogP contribution is 2.33. The second kappa shape index (κ2) is 12.5. The van der Waals surface area contributed by atoms with Gasteiger partial charge in [0.1, 0.15) is 29.3 Å². The van der Waals surface area contributed by atoms with Gasteiger partial charge in [-0.2, -0.15) is 0 Å². The van der Waals surface area contributed by atoms with Crippen molar-refractivity contribution >= 4 is 16.8 Å². The zero-order chi connectivity index (χ0) is 24.6. The number of pyridine rings is 1. The van der Waals surface area contributed by atoms with E-state index >= 15 is 0 Å². The van der Waals surface area contributed by atoms with Gasteiger partial charge in [0, 0.05) is 56.8 Å². The number of fused-ring (bicyclic) bond motifs is 1. The van der Waals surface area contributed by atoms with Gasteiger partial charge in [-0.3, -0.25) is 4.79 Å². The molecule has 2 saturated heterocycles. The molecule has 2 aromatic rings. The number of nitrogens with one attached hydrogen (secondary N) is 1. The minimum absolute atomic E-state index is 0.0574. The van der Waals surface area contributed by atoms with Crippen molar-refractivity contribution in [1.29, 1.82) is 0 Å². The van der Waals surface area contributed by atoms with Crippen molar-refractivity contribution < 1.29 is 23.7 Å². The van der Waals surface area contributed by atoms with Crippen LogP contribution in [-0.4, -0.2) is 80.6 Å². The van der Waals surface area contributed by atoms with E-state index in [4.69, 9.17) is 23.9 Å². The maximum atomic E-state index is 13.8. The van der Waals surface area contributed by atoms with Gasteiger partial charge in [-0.25, -0.2) is 4.98 Å². The Hall–Kier alpha value is -2.42. The summed E-state index contributed by atoms with van der Waals surface area (Å²) in [4.78, 5) is 20.6. The number of hydrogen-bond donors (Lipinski definition) is 1. The predicted octanol–water partition coefficient (Wildman–Crippen LogP) is 3.81. The lowest BCUT2D eigenvalue weighted by Gasteiger charge is -2.37. The highest BCUT2D eigenvalue weighted by atomic mass is 16.5. The zero-order valence-electron chi connectivity index (χ0n) is 21.3. The minimum Gasteiger partial charge on any atom is -0.493 e. The maximum absolute atomic E-state index is 13.8. The van der Waals surface area contributed by atoms with E-state index in [1.54, 1.807) is 13.2 Å². The van der Waals surface area contributed by atoms with Gasteiger partial charge in [0.2, 0.25) is 0 Å². The Bertz CT molecular complexity index is 971. The highest BCUT2D eigenvalue weighted by molar-refractivity contribution is 5.98. The Morgan fingerprint density at radius 1 is 1.20 bits per heavy atom. The Kier molecular flexibility index (Phi) is 9.18. The van der Waals surface area contributed by atoms with Gasteiger partial charge in [0.15, 0.2) is 0 Å². The Morgan fingerprint density at radius 2 is 2.09 bits per heavy atom. The zero-order valence-corrected chi connectivity index (χ0v) is 21.3. The first-order valence-corrected chi connectivity index (χ1v) is 12.9. The molecule has 1 aromatic carbocycles. The van der Waals surface area contributed by atoms with Gasteiger partial charge in [-0.05, 0) is 58.2 Å². The molecule has 0 spiro atoms. The van der Waals surface area contributed by atoms with Crippen LogP contribution in [-0.2, 0) is 9.47 Å². The van der Waals surface area contributed by atoms with Crippen LogP contribution < -0.4 is 14.8 Å². The molecule has 8 nitrogen and oxygen atoms in total. The summed E-state index contributed by atoms with van der Waals surface area (Å²) >= 11 is 0. The molecule has 2 atom stereocenters. The van der Waals surface area contributed by atoms with E-state index in [0.29, 0.717) is 42.5 Å². The minimum atomic E-state index is -0.0775. The predicted molar refractivity (Wildman–Crippen MR) is 135 cm³/mol. The molecule has 35 heavy (non-hydrogen) atoms. The summed E-state index contributed by atoms with van der Waals surface area (Å²) in [6.07, 6.45) is 4.94.